The third-order valence-corrected chi connectivity index (χ3v) is 4.81. The quantitative estimate of drug-likeness (QED) is 0.303. The number of carbonyl (C=O) groups excluding carboxylic acids is 1. The minimum atomic E-state index is -4.80. The van der Waals surface area contributed by atoms with Gasteiger partial charge < -0.3 is 24.8 Å². The maximum absolute atomic E-state index is 12.6. The lowest BCUT2D eigenvalue weighted by molar-refractivity contribution is -0.274. The fourth-order valence-electron chi connectivity index (χ4n) is 3.32. The molecule has 186 valence electrons. The van der Waals surface area contributed by atoms with Crippen molar-refractivity contribution in [2.75, 3.05) is 17.7 Å². The number of benzene rings is 3. The van der Waals surface area contributed by atoms with Crippen LogP contribution in [0.1, 0.15) is 5.69 Å². The number of aryl methyl sites for hydroxylation is 1. The summed E-state index contributed by atoms with van der Waals surface area (Å²) < 4.78 is 53.9. The minimum absolute atomic E-state index is 0.269. The van der Waals surface area contributed by atoms with Crippen molar-refractivity contribution in [3.63, 3.8) is 0 Å². The number of aromatic nitrogens is 2. The summed E-state index contributed by atoms with van der Waals surface area (Å²) in [6.45, 7) is 1.82. The summed E-state index contributed by atoms with van der Waals surface area (Å²) in [6, 6.07) is 20.0. The summed E-state index contributed by atoms with van der Waals surface area (Å²) in [4.78, 5) is 12.6. The first kappa shape index (κ1) is 24.5. The maximum atomic E-state index is 12.6. The highest BCUT2D eigenvalue weighted by molar-refractivity contribution is 6.00. The van der Waals surface area contributed by atoms with Crippen LogP contribution in [0.15, 0.2) is 78.9 Å². The molecule has 0 saturated heterocycles. The first-order chi connectivity index (χ1) is 17.2. The van der Waals surface area contributed by atoms with Crippen LogP contribution < -0.4 is 24.8 Å². The average Bonchev–Trinajstić information content (AvgIpc) is 3.20. The van der Waals surface area contributed by atoms with Gasteiger partial charge >= 0.3 is 12.4 Å². The number of ether oxygens (including phenoxy) is 3. The highest BCUT2D eigenvalue weighted by Gasteiger charge is 2.31. The molecular formula is C25H21F3N4O4. The number of hydrogen-bond donors (Lipinski definition) is 2. The zero-order valence-electron chi connectivity index (χ0n) is 19.2. The van der Waals surface area contributed by atoms with Crippen molar-refractivity contribution in [2.45, 2.75) is 13.3 Å². The Bertz CT molecular complexity index is 1350. The van der Waals surface area contributed by atoms with E-state index in [-0.39, 0.29) is 5.69 Å². The third kappa shape index (κ3) is 6.06. The van der Waals surface area contributed by atoms with Gasteiger partial charge in [0.1, 0.15) is 17.2 Å². The molecule has 8 nitrogen and oxygen atoms in total. The molecule has 36 heavy (non-hydrogen) atoms. The smallest absolute Gasteiger partial charge is 0.494 e. The normalized spacial score (nSPS) is 11.0. The number of urea groups is 1. The fraction of sp³-hybridized carbons (Fsp3) is 0.120. The molecule has 2 N–H and O–H groups in total. The van der Waals surface area contributed by atoms with Gasteiger partial charge in [-0.1, -0.05) is 24.3 Å². The van der Waals surface area contributed by atoms with Crippen molar-refractivity contribution in [1.82, 2.24) is 9.78 Å². The molecule has 0 radical (unpaired) electrons. The van der Waals surface area contributed by atoms with Gasteiger partial charge in [-0.15, -0.1) is 13.2 Å². The predicted octanol–water partition coefficient (Wildman–Crippen LogP) is 6.52. The van der Waals surface area contributed by atoms with E-state index in [1.165, 1.54) is 12.1 Å². The lowest BCUT2D eigenvalue weighted by Gasteiger charge is -2.15. The number of nitrogens with zero attached hydrogens (tertiary/aromatic N) is 2. The highest BCUT2D eigenvalue weighted by Crippen LogP contribution is 2.33. The topological polar surface area (TPSA) is 86.6 Å². The van der Waals surface area contributed by atoms with Crippen LogP contribution in [0, 0.1) is 6.92 Å². The first-order valence-electron chi connectivity index (χ1n) is 10.6. The molecule has 2 amide bonds. The molecule has 4 aromatic rings. The number of nitrogens with one attached hydrogen (secondary N) is 2. The van der Waals surface area contributed by atoms with Crippen molar-refractivity contribution in [1.29, 1.82) is 0 Å². The molecular weight excluding hydrogens is 477 g/mol. The predicted molar refractivity (Wildman–Crippen MR) is 127 cm³/mol. The number of alkyl halides is 3. The van der Waals surface area contributed by atoms with Crippen molar-refractivity contribution < 1.29 is 32.2 Å². The van der Waals surface area contributed by atoms with E-state index in [1.807, 2.05) is 25.1 Å². The van der Waals surface area contributed by atoms with Crippen LogP contribution in [-0.2, 0) is 0 Å². The molecule has 0 saturated carbocycles. The number of methoxy groups -OCH3 is 1. The number of halogens is 3. The average molecular weight is 498 g/mol. The van der Waals surface area contributed by atoms with Crippen LogP contribution in [0.25, 0.3) is 5.69 Å². The van der Waals surface area contributed by atoms with Crippen LogP contribution in [-0.4, -0.2) is 29.3 Å². The zero-order chi connectivity index (χ0) is 25.7. The van der Waals surface area contributed by atoms with E-state index >= 15 is 0 Å². The monoisotopic (exact) mass is 498 g/mol. The van der Waals surface area contributed by atoms with Crippen LogP contribution in [0.4, 0.5) is 29.3 Å². The minimum Gasteiger partial charge on any atom is -0.494 e. The van der Waals surface area contributed by atoms with E-state index in [2.05, 4.69) is 20.5 Å². The summed E-state index contributed by atoms with van der Waals surface area (Å²) in [5.74, 6) is 0.946. The van der Waals surface area contributed by atoms with Crippen molar-refractivity contribution in [2.24, 2.45) is 0 Å². The van der Waals surface area contributed by atoms with Crippen molar-refractivity contribution in [3.8, 4) is 28.8 Å². The SMILES string of the molecule is COc1ccccc1-n1nc(C)cc1Oc1ccccc1NC(=O)Nc1ccc(OC(F)(F)F)cc1. The van der Waals surface area contributed by atoms with Gasteiger partial charge in [-0.05, 0) is 55.5 Å². The molecule has 1 heterocycles. The molecule has 0 spiro atoms. The Hall–Kier alpha value is -4.67. The Labute approximate surface area is 204 Å². The molecule has 0 aliphatic carbocycles. The van der Waals surface area contributed by atoms with Gasteiger partial charge in [0.2, 0.25) is 5.88 Å². The second-order valence-electron chi connectivity index (χ2n) is 7.46. The zero-order valence-corrected chi connectivity index (χ0v) is 19.2. The maximum Gasteiger partial charge on any atom is 0.573 e. The molecule has 0 atom stereocenters. The Morgan fingerprint density at radius 2 is 1.58 bits per heavy atom. The summed E-state index contributed by atoms with van der Waals surface area (Å²) in [7, 11) is 1.56. The standard InChI is InChI=1S/C25H21F3N4O4/c1-16-15-23(32(31-16)20-8-4-6-10-22(20)34-2)35-21-9-5-3-7-19(21)30-24(33)29-17-11-13-18(14-12-17)36-25(26,27)28/h3-15H,1-2H3,(H2,29,30,33). The molecule has 0 unspecified atom stereocenters. The summed E-state index contributed by atoms with van der Waals surface area (Å²) >= 11 is 0. The molecule has 11 heteroatoms. The largest absolute Gasteiger partial charge is 0.573 e. The number of carbonyl (C=O) groups is 1. The van der Waals surface area contributed by atoms with Crippen LogP contribution in [0.3, 0.4) is 0 Å². The molecule has 0 aliphatic rings. The van der Waals surface area contributed by atoms with E-state index in [1.54, 1.807) is 48.2 Å². The van der Waals surface area contributed by atoms with Gasteiger partial charge in [0.05, 0.1) is 18.5 Å². The summed E-state index contributed by atoms with van der Waals surface area (Å²) in [5.41, 5.74) is 2.00. The number of anilines is 2. The van der Waals surface area contributed by atoms with Gasteiger partial charge in [0.15, 0.2) is 5.75 Å². The fourth-order valence-corrected chi connectivity index (χ4v) is 3.32. The molecule has 0 aliphatic heterocycles. The van der Waals surface area contributed by atoms with Gasteiger partial charge in [0, 0.05) is 11.8 Å². The Morgan fingerprint density at radius 3 is 2.28 bits per heavy atom. The second kappa shape index (κ2) is 10.3. The number of amides is 2. The van der Waals surface area contributed by atoms with Gasteiger partial charge in [-0.2, -0.15) is 9.78 Å². The highest BCUT2D eigenvalue weighted by atomic mass is 19.4. The van der Waals surface area contributed by atoms with Crippen LogP contribution in [0.5, 0.6) is 23.1 Å². The number of rotatable bonds is 7. The van der Waals surface area contributed by atoms with Gasteiger partial charge in [-0.25, -0.2) is 4.79 Å². The van der Waals surface area contributed by atoms with Crippen molar-refractivity contribution >= 4 is 17.4 Å². The van der Waals surface area contributed by atoms with Crippen LogP contribution in [0.2, 0.25) is 0 Å². The number of para-hydroxylation sites is 4. The Balaban J connectivity index is 1.50. The van der Waals surface area contributed by atoms with E-state index in [0.29, 0.717) is 34.4 Å². The van der Waals surface area contributed by atoms with Gasteiger partial charge in [0.25, 0.3) is 0 Å². The van der Waals surface area contributed by atoms with Crippen molar-refractivity contribution in [3.05, 3.63) is 84.6 Å². The second-order valence-corrected chi connectivity index (χ2v) is 7.46. The Morgan fingerprint density at radius 1 is 0.917 bits per heavy atom. The van der Waals surface area contributed by atoms with E-state index < -0.39 is 18.1 Å². The third-order valence-electron chi connectivity index (χ3n) is 4.81. The van der Waals surface area contributed by atoms with E-state index in [4.69, 9.17) is 9.47 Å². The Kier molecular flexibility index (Phi) is 7.00. The molecule has 0 bridgehead atoms. The molecule has 4 rings (SSSR count). The van der Waals surface area contributed by atoms with Gasteiger partial charge in [-0.3, -0.25) is 0 Å². The molecule has 0 fully saturated rings. The summed E-state index contributed by atoms with van der Waals surface area (Å²) in [5, 5.41) is 9.72. The number of hydrogen-bond acceptors (Lipinski definition) is 5. The van der Waals surface area contributed by atoms with E-state index in [0.717, 1.165) is 12.1 Å². The first-order valence-corrected chi connectivity index (χ1v) is 10.6. The lowest BCUT2D eigenvalue weighted by atomic mass is 10.3. The molecule has 3 aromatic carbocycles. The lowest BCUT2D eigenvalue weighted by Crippen LogP contribution is -2.20. The van der Waals surface area contributed by atoms with E-state index in [9.17, 15) is 18.0 Å². The summed E-state index contributed by atoms with van der Waals surface area (Å²) in [6.07, 6.45) is -4.80. The molecule has 1 aromatic heterocycles. The van der Waals surface area contributed by atoms with Crippen LogP contribution >= 0.6 is 0 Å².